The number of alkyl carbamates (subject to hydrolysis) is 1. The minimum absolute atomic E-state index is 0.0522. The Morgan fingerprint density at radius 3 is 2.53 bits per heavy atom. The number of carbonyl (C=O) groups excluding carboxylic acids is 2. The Balaban J connectivity index is 1.67. The molecule has 0 unspecified atom stereocenters. The van der Waals surface area contributed by atoms with Gasteiger partial charge in [-0.15, -0.1) is 0 Å². The summed E-state index contributed by atoms with van der Waals surface area (Å²) >= 11 is 1.32. The Kier molecular flexibility index (Phi) is 7.39. The first-order valence-corrected chi connectivity index (χ1v) is 13.0. The van der Waals surface area contributed by atoms with Crippen LogP contribution in [0.1, 0.15) is 26.3 Å². The molecule has 1 N–H and O–H groups in total. The van der Waals surface area contributed by atoms with Gasteiger partial charge in [0.2, 0.25) is 0 Å². The van der Waals surface area contributed by atoms with E-state index in [1.807, 2.05) is 29.2 Å². The maximum atomic E-state index is 12.4. The second-order valence-corrected chi connectivity index (χ2v) is 12.1. The molecule has 1 aromatic carbocycles. The van der Waals surface area contributed by atoms with E-state index < -0.39 is 27.4 Å². The SMILES string of the molecule is COc1ccc(CCN2C(=NC(=O)CNC(=O)OC(C)(C)C)S[C@@H]3CS(=O)(=O)C[C@H]32)cc1. The molecule has 0 aliphatic carbocycles. The van der Waals surface area contributed by atoms with Crippen LogP contribution in [0.5, 0.6) is 5.75 Å². The van der Waals surface area contributed by atoms with Crippen LogP contribution in [0.4, 0.5) is 4.79 Å². The molecule has 2 amide bonds. The second-order valence-electron chi connectivity index (χ2n) is 8.74. The van der Waals surface area contributed by atoms with E-state index in [0.717, 1.165) is 11.3 Å². The van der Waals surface area contributed by atoms with Crippen molar-refractivity contribution in [3.8, 4) is 5.75 Å². The lowest BCUT2D eigenvalue weighted by atomic mass is 10.1. The van der Waals surface area contributed by atoms with Crippen molar-refractivity contribution in [2.24, 2.45) is 4.99 Å². The van der Waals surface area contributed by atoms with Gasteiger partial charge in [0.25, 0.3) is 5.91 Å². The zero-order valence-electron chi connectivity index (χ0n) is 18.7. The molecule has 0 saturated carbocycles. The summed E-state index contributed by atoms with van der Waals surface area (Å²) in [6.45, 7) is 5.44. The van der Waals surface area contributed by atoms with E-state index in [1.165, 1.54) is 11.8 Å². The number of rotatable bonds is 6. The molecule has 1 aromatic rings. The van der Waals surface area contributed by atoms with Gasteiger partial charge in [0.05, 0.1) is 24.7 Å². The first kappa shape index (κ1) is 24.4. The van der Waals surface area contributed by atoms with Crippen LogP contribution < -0.4 is 10.1 Å². The van der Waals surface area contributed by atoms with Crippen LogP contribution in [-0.4, -0.2) is 79.1 Å². The molecule has 0 aromatic heterocycles. The van der Waals surface area contributed by atoms with E-state index in [0.29, 0.717) is 18.1 Å². The van der Waals surface area contributed by atoms with Crippen LogP contribution in [-0.2, 0) is 25.8 Å². The molecule has 9 nitrogen and oxygen atoms in total. The summed E-state index contributed by atoms with van der Waals surface area (Å²) in [4.78, 5) is 30.2. The molecule has 176 valence electrons. The molecule has 0 bridgehead atoms. The molecular weight excluding hydrogens is 454 g/mol. The van der Waals surface area contributed by atoms with Crippen molar-refractivity contribution in [2.75, 3.05) is 31.7 Å². The number of amides is 2. The summed E-state index contributed by atoms with van der Waals surface area (Å²) in [5, 5.41) is 2.75. The number of methoxy groups -OCH3 is 1. The number of amidine groups is 1. The predicted molar refractivity (Wildman–Crippen MR) is 124 cm³/mol. The van der Waals surface area contributed by atoms with Crippen molar-refractivity contribution in [3.05, 3.63) is 29.8 Å². The number of aliphatic imine (C=N–C) groups is 1. The van der Waals surface area contributed by atoms with Crippen molar-refractivity contribution in [1.82, 2.24) is 10.2 Å². The third-order valence-corrected chi connectivity index (χ3v) is 8.23. The molecule has 3 rings (SSSR count). The zero-order chi connectivity index (χ0) is 23.5. The topological polar surface area (TPSA) is 114 Å². The number of benzene rings is 1. The van der Waals surface area contributed by atoms with Crippen molar-refractivity contribution in [2.45, 2.75) is 44.1 Å². The van der Waals surface area contributed by atoms with Crippen molar-refractivity contribution in [3.63, 3.8) is 0 Å². The third-order valence-electron chi connectivity index (χ3n) is 4.98. The van der Waals surface area contributed by atoms with Crippen LogP contribution in [0.2, 0.25) is 0 Å². The molecule has 32 heavy (non-hydrogen) atoms. The van der Waals surface area contributed by atoms with Gasteiger partial charge in [-0.05, 0) is 44.9 Å². The molecule has 11 heteroatoms. The molecule has 2 aliphatic rings. The summed E-state index contributed by atoms with van der Waals surface area (Å²) in [6, 6.07) is 7.44. The number of nitrogens with zero attached hydrogens (tertiary/aromatic N) is 2. The van der Waals surface area contributed by atoms with Crippen LogP contribution in [0.15, 0.2) is 29.3 Å². The van der Waals surface area contributed by atoms with Gasteiger partial charge < -0.3 is 19.7 Å². The molecule has 2 atom stereocenters. The van der Waals surface area contributed by atoms with Crippen LogP contribution in [0, 0.1) is 0 Å². The number of hydrogen-bond acceptors (Lipinski definition) is 7. The summed E-state index contributed by atoms with van der Waals surface area (Å²) in [5.41, 5.74) is 0.402. The standard InChI is InChI=1S/C21H29N3O6S2/c1-21(2,3)30-20(26)22-11-18(25)23-19-24(16-12-32(27,28)13-17(16)31-19)10-9-14-5-7-15(29-4)8-6-14/h5-8,16-17H,9-13H2,1-4H3,(H,22,26)/t16-,17-/m1/s1. The summed E-state index contributed by atoms with van der Waals surface area (Å²) < 4.78 is 34.6. The predicted octanol–water partition coefficient (Wildman–Crippen LogP) is 1.86. The fourth-order valence-electron chi connectivity index (χ4n) is 3.55. The minimum Gasteiger partial charge on any atom is -0.497 e. The largest absolute Gasteiger partial charge is 0.497 e. The maximum Gasteiger partial charge on any atom is 0.408 e. The molecular formula is C21H29N3O6S2. The molecule has 0 radical (unpaired) electrons. The number of carbonyl (C=O) groups is 2. The van der Waals surface area contributed by atoms with E-state index in [-0.39, 0.29) is 29.3 Å². The first-order chi connectivity index (χ1) is 15.0. The number of hydrogen-bond donors (Lipinski definition) is 1. The van der Waals surface area contributed by atoms with Gasteiger partial charge in [-0.25, -0.2) is 13.2 Å². The van der Waals surface area contributed by atoms with Crippen molar-refractivity contribution >= 4 is 38.8 Å². The van der Waals surface area contributed by atoms with Crippen LogP contribution >= 0.6 is 11.8 Å². The van der Waals surface area contributed by atoms with Gasteiger partial charge in [-0.2, -0.15) is 4.99 Å². The number of ether oxygens (including phenoxy) is 2. The first-order valence-electron chi connectivity index (χ1n) is 10.3. The smallest absolute Gasteiger partial charge is 0.408 e. The summed E-state index contributed by atoms with van der Waals surface area (Å²) in [5.74, 6) is 0.370. The van der Waals surface area contributed by atoms with Gasteiger partial charge in [0, 0.05) is 11.8 Å². The highest BCUT2D eigenvalue weighted by atomic mass is 32.2. The zero-order valence-corrected chi connectivity index (χ0v) is 20.3. The highest BCUT2D eigenvalue weighted by molar-refractivity contribution is 8.15. The Morgan fingerprint density at radius 1 is 1.22 bits per heavy atom. The number of sulfone groups is 1. The van der Waals surface area contributed by atoms with E-state index in [4.69, 9.17) is 9.47 Å². The van der Waals surface area contributed by atoms with Gasteiger partial charge in [-0.1, -0.05) is 23.9 Å². The highest BCUT2D eigenvalue weighted by Gasteiger charge is 2.48. The molecule has 0 spiro atoms. The lowest BCUT2D eigenvalue weighted by Crippen LogP contribution is -2.39. The Bertz CT molecular complexity index is 986. The number of thioether (sulfide) groups is 1. The Hall–Kier alpha value is -2.27. The monoisotopic (exact) mass is 483 g/mol. The van der Waals surface area contributed by atoms with Crippen LogP contribution in [0.25, 0.3) is 0 Å². The maximum absolute atomic E-state index is 12.4. The summed E-state index contributed by atoms with van der Waals surface area (Å²) in [6.07, 6.45) is -0.0264. The second kappa shape index (κ2) is 9.70. The van der Waals surface area contributed by atoms with E-state index in [2.05, 4.69) is 10.3 Å². The molecule has 2 aliphatic heterocycles. The average Bonchev–Trinajstić information content (AvgIpc) is 3.15. The molecule has 2 fully saturated rings. The lowest BCUT2D eigenvalue weighted by Gasteiger charge is -2.24. The highest BCUT2D eigenvalue weighted by Crippen LogP contribution is 2.38. The van der Waals surface area contributed by atoms with Gasteiger partial charge in [0.1, 0.15) is 17.9 Å². The number of fused-ring (bicyclic) bond motifs is 1. The van der Waals surface area contributed by atoms with E-state index in [1.54, 1.807) is 27.9 Å². The fraction of sp³-hybridized carbons (Fsp3) is 0.571. The molecule has 2 saturated heterocycles. The van der Waals surface area contributed by atoms with Gasteiger partial charge in [-0.3, -0.25) is 4.79 Å². The van der Waals surface area contributed by atoms with E-state index in [9.17, 15) is 18.0 Å². The van der Waals surface area contributed by atoms with Gasteiger partial charge >= 0.3 is 6.09 Å². The molecule has 2 heterocycles. The van der Waals surface area contributed by atoms with Crippen molar-refractivity contribution < 1.29 is 27.5 Å². The van der Waals surface area contributed by atoms with Crippen LogP contribution in [0.3, 0.4) is 0 Å². The lowest BCUT2D eigenvalue weighted by molar-refractivity contribution is -0.117. The normalized spacial score (nSPS) is 23.1. The Morgan fingerprint density at radius 2 is 1.91 bits per heavy atom. The number of nitrogens with one attached hydrogen (secondary N) is 1. The third kappa shape index (κ3) is 6.61. The quantitative estimate of drug-likeness (QED) is 0.652. The summed E-state index contributed by atoms with van der Waals surface area (Å²) in [7, 11) is -1.51. The fourth-order valence-corrected chi connectivity index (χ4v) is 7.54. The average molecular weight is 484 g/mol. The Labute approximate surface area is 192 Å². The minimum atomic E-state index is -3.11. The van der Waals surface area contributed by atoms with E-state index >= 15 is 0 Å². The van der Waals surface area contributed by atoms with Crippen molar-refractivity contribution in [1.29, 1.82) is 0 Å². The van der Waals surface area contributed by atoms with Gasteiger partial charge in [0.15, 0.2) is 15.0 Å².